The number of ether oxygens (including phenoxy) is 1. The molecule has 1 aliphatic carbocycles. The van der Waals surface area contributed by atoms with E-state index in [0.717, 1.165) is 51.0 Å². The molecule has 1 fully saturated rings. The van der Waals surface area contributed by atoms with E-state index in [2.05, 4.69) is 6.07 Å². The highest BCUT2D eigenvalue weighted by Crippen LogP contribution is 2.49. The van der Waals surface area contributed by atoms with Crippen LogP contribution in [0.5, 0.6) is 5.75 Å². The molecule has 3 nitrogen and oxygen atoms in total. The first-order valence-corrected chi connectivity index (χ1v) is 6.87. The third-order valence-corrected chi connectivity index (χ3v) is 4.88. The van der Waals surface area contributed by atoms with Gasteiger partial charge in [-0.2, -0.15) is 0 Å². The molecule has 3 N–H and O–H groups in total. The minimum Gasteiger partial charge on any atom is -0.508 e. The third-order valence-electron chi connectivity index (χ3n) is 4.88. The molecule has 1 aromatic rings. The molecule has 1 aromatic carbocycles. The number of rotatable bonds is 1. The Kier molecular flexibility index (Phi) is 3.04. The third kappa shape index (κ3) is 1.65. The van der Waals surface area contributed by atoms with Crippen molar-refractivity contribution in [1.82, 2.24) is 0 Å². The van der Waals surface area contributed by atoms with Crippen molar-refractivity contribution in [1.29, 1.82) is 0 Å². The van der Waals surface area contributed by atoms with Crippen LogP contribution in [0.4, 0.5) is 0 Å². The molecule has 3 heteroatoms. The highest BCUT2D eigenvalue weighted by Gasteiger charge is 2.44. The maximum Gasteiger partial charge on any atom is 0.119 e. The molecule has 1 aliphatic heterocycles. The zero-order valence-corrected chi connectivity index (χ0v) is 10.7. The van der Waals surface area contributed by atoms with E-state index in [9.17, 15) is 5.11 Å². The van der Waals surface area contributed by atoms with Crippen LogP contribution in [0, 0.1) is 5.92 Å². The van der Waals surface area contributed by atoms with Crippen LogP contribution in [0.15, 0.2) is 18.2 Å². The lowest BCUT2D eigenvalue weighted by Gasteiger charge is -2.47. The fraction of sp³-hybridized carbons (Fsp3) is 0.600. The molecular formula is C15H21NO2. The molecule has 0 radical (unpaired) electrons. The van der Waals surface area contributed by atoms with Crippen molar-refractivity contribution in [3.63, 3.8) is 0 Å². The van der Waals surface area contributed by atoms with E-state index in [1.165, 1.54) is 5.56 Å². The number of phenolic OH excluding ortho intramolecular Hbond substituents is 1. The average molecular weight is 247 g/mol. The van der Waals surface area contributed by atoms with Gasteiger partial charge in [0.15, 0.2) is 0 Å². The molecule has 1 atom stereocenters. The van der Waals surface area contributed by atoms with Gasteiger partial charge in [-0.3, -0.25) is 0 Å². The molecule has 1 unspecified atom stereocenters. The normalized spacial score (nSPS) is 25.9. The van der Waals surface area contributed by atoms with Crippen molar-refractivity contribution in [3.8, 4) is 5.75 Å². The summed E-state index contributed by atoms with van der Waals surface area (Å²) in [7, 11) is 0. The number of hydrogen-bond acceptors (Lipinski definition) is 3. The molecule has 98 valence electrons. The van der Waals surface area contributed by atoms with Gasteiger partial charge in [0, 0.05) is 18.6 Å². The number of fused-ring (bicyclic) bond motifs is 2. The van der Waals surface area contributed by atoms with E-state index >= 15 is 0 Å². The largest absolute Gasteiger partial charge is 0.508 e. The van der Waals surface area contributed by atoms with Gasteiger partial charge in [0.25, 0.3) is 0 Å². The first-order chi connectivity index (χ1) is 8.78. The van der Waals surface area contributed by atoms with Crippen LogP contribution < -0.4 is 5.73 Å². The Bertz CT molecular complexity index is 438. The molecular weight excluding hydrogens is 226 g/mol. The molecule has 0 saturated carbocycles. The molecule has 0 amide bonds. The second-order valence-corrected chi connectivity index (χ2v) is 5.54. The van der Waals surface area contributed by atoms with E-state index < -0.39 is 0 Å². The molecule has 1 heterocycles. The summed E-state index contributed by atoms with van der Waals surface area (Å²) in [6.45, 7) is 2.35. The van der Waals surface area contributed by atoms with Gasteiger partial charge in [0.2, 0.25) is 0 Å². The van der Waals surface area contributed by atoms with E-state index in [4.69, 9.17) is 10.5 Å². The van der Waals surface area contributed by atoms with Crippen molar-refractivity contribution in [2.24, 2.45) is 11.7 Å². The van der Waals surface area contributed by atoms with Crippen LogP contribution in [0.2, 0.25) is 0 Å². The standard InChI is InChI=1S/C15H21NO2/c16-10-11-4-5-12-13(2-1-3-14(12)17)15(11)6-8-18-9-7-15/h1-3,11,17H,4-10,16H2. The highest BCUT2D eigenvalue weighted by molar-refractivity contribution is 5.46. The molecule has 3 rings (SSSR count). The predicted molar refractivity (Wildman–Crippen MR) is 70.7 cm³/mol. The van der Waals surface area contributed by atoms with Crippen LogP contribution in [0.1, 0.15) is 30.4 Å². The van der Waals surface area contributed by atoms with Crippen molar-refractivity contribution in [2.45, 2.75) is 31.1 Å². The van der Waals surface area contributed by atoms with Gasteiger partial charge in [0.05, 0.1) is 0 Å². The van der Waals surface area contributed by atoms with Crippen LogP contribution in [0.25, 0.3) is 0 Å². The Balaban J connectivity index is 2.11. The van der Waals surface area contributed by atoms with Gasteiger partial charge in [-0.1, -0.05) is 12.1 Å². The van der Waals surface area contributed by atoms with Gasteiger partial charge >= 0.3 is 0 Å². The minimum absolute atomic E-state index is 0.138. The molecule has 2 aliphatic rings. The number of hydrogen-bond donors (Lipinski definition) is 2. The Morgan fingerprint density at radius 2 is 2.11 bits per heavy atom. The first kappa shape index (κ1) is 12.0. The summed E-state index contributed by atoms with van der Waals surface area (Å²) in [6, 6.07) is 5.95. The van der Waals surface area contributed by atoms with Gasteiger partial charge in [-0.15, -0.1) is 0 Å². The summed E-state index contributed by atoms with van der Waals surface area (Å²) in [5, 5.41) is 10.1. The fourth-order valence-electron chi connectivity index (χ4n) is 3.88. The van der Waals surface area contributed by atoms with E-state index in [0.29, 0.717) is 11.7 Å². The maximum atomic E-state index is 10.1. The average Bonchev–Trinajstić information content (AvgIpc) is 2.41. The van der Waals surface area contributed by atoms with Gasteiger partial charge < -0.3 is 15.6 Å². The van der Waals surface area contributed by atoms with Gasteiger partial charge in [-0.25, -0.2) is 0 Å². The topological polar surface area (TPSA) is 55.5 Å². The Labute approximate surface area is 108 Å². The lowest BCUT2D eigenvalue weighted by molar-refractivity contribution is 0.0212. The van der Waals surface area contributed by atoms with Gasteiger partial charge in [0.1, 0.15) is 5.75 Å². The highest BCUT2D eigenvalue weighted by atomic mass is 16.5. The Hall–Kier alpha value is -1.06. The second-order valence-electron chi connectivity index (χ2n) is 5.54. The summed E-state index contributed by atoms with van der Waals surface area (Å²) in [5.41, 5.74) is 8.61. The quantitative estimate of drug-likeness (QED) is 0.797. The lowest BCUT2D eigenvalue weighted by atomic mass is 9.59. The minimum atomic E-state index is 0.138. The van der Waals surface area contributed by atoms with E-state index in [-0.39, 0.29) is 5.41 Å². The van der Waals surface area contributed by atoms with Crippen molar-refractivity contribution in [2.75, 3.05) is 19.8 Å². The lowest BCUT2D eigenvalue weighted by Crippen LogP contribution is -2.46. The molecule has 0 bridgehead atoms. The summed E-state index contributed by atoms with van der Waals surface area (Å²) in [5.74, 6) is 0.976. The molecule has 1 spiro atoms. The summed E-state index contributed by atoms with van der Waals surface area (Å²) in [4.78, 5) is 0. The maximum absolute atomic E-state index is 10.1. The Morgan fingerprint density at radius 3 is 2.83 bits per heavy atom. The monoisotopic (exact) mass is 247 g/mol. The molecule has 18 heavy (non-hydrogen) atoms. The summed E-state index contributed by atoms with van der Waals surface area (Å²) in [6.07, 6.45) is 4.10. The Morgan fingerprint density at radius 1 is 1.33 bits per heavy atom. The SMILES string of the molecule is NCC1CCc2c(O)cccc2C12CCOCC2. The van der Waals surface area contributed by atoms with Crippen LogP contribution in [-0.2, 0) is 16.6 Å². The predicted octanol–water partition coefficient (Wildman–Crippen LogP) is 1.96. The zero-order chi connectivity index (χ0) is 12.6. The number of benzene rings is 1. The van der Waals surface area contributed by atoms with Gasteiger partial charge in [-0.05, 0) is 55.3 Å². The van der Waals surface area contributed by atoms with Crippen molar-refractivity contribution in [3.05, 3.63) is 29.3 Å². The van der Waals surface area contributed by atoms with Crippen LogP contribution in [0.3, 0.4) is 0 Å². The smallest absolute Gasteiger partial charge is 0.119 e. The van der Waals surface area contributed by atoms with Crippen molar-refractivity contribution < 1.29 is 9.84 Å². The molecule has 1 saturated heterocycles. The van der Waals surface area contributed by atoms with E-state index in [1.807, 2.05) is 6.07 Å². The number of aromatic hydroxyl groups is 1. The van der Waals surface area contributed by atoms with Crippen molar-refractivity contribution >= 4 is 0 Å². The van der Waals surface area contributed by atoms with Crippen LogP contribution in [-0.4, -0.2) is 24.9 Å². The number of nitrogens with two attached hydrogens (primary N) is 1. The second kappa shape index (κ2) is 4.56. The fourth-order valence-corrected chi connectivity index (χ4v) is 3.88. The first-order valence-electron chi connectivity index (χ1n) is 6.87. The summed E-state index contributed by atoms with van der Waals surface area (Å²) < 4.78 is 5.53. The van der Waals surface area contributed by atoms with E-state index in [1.54, 1.807) is 6.07 Å². The molecule has 0 aromatic heterocycles. The van der Waals surface area contributed by atoms with Crippen LogP contribution >= 0.6 is 0 Å². The summed E-state index contributed by atoms with van der Waals surface area (Å²) >= 11 is 0. The number of phenols is 1. The zero-order valence-electron chi connectivity index (χ0n) is 10.7.